The van der Waals surface area contributed by atoms with Gasteiger partial charge in [0.25, 0.3) is 5.56 Å². The molecule has 10 nitrogen and oxygen atoms in total. The fourth-order valence-corrected chi connectivity index (χ4v) is 3.46. The summed E-state index contributed by atoms with van der Waals surface area (Å²) in [6, 6.07) is 0. The van der Waals surface area contributed by atoms with Crippen LogP contribution in [0.5, 0.6) is 0 Å². The van der Waals surface area contributed by atoms with Crippen molar-refractivity contribution in [1.82, 2.24) is 14.5 Å². The van der Waals surface area contributed by atoms with Crippen LogP contribution in [0.4, 0.5) is 11.5 Å². The molecule has 164 valence electrons. The van der Waals surface area contributed by atoms with E-state index in [1.807, 2.05) is 6.92 Å². The Balaban J connectivity index is 2.43. The Kier molecular flexibility index (Phi) is 7.25. The van der Waals surface area contributed by atoms with E-state index >= 15 is 0 Å². The third-order valence-corrected chi connectivity index (χ3v) is 5.09. The molecule has 2 aromatic rings. The number of aromatic nitrogens is 3. The standard InChI is InChI=1S/C20H29N5O5/c1-6-8-9-25-17(21)16(18(27)23-20(25)29)24(7-2)10-13(26)15-11(3)14(12(4)22-15)19(28)30-5/h22H,6-10,21H2,1-5H3,(H,23,27,29). The van der Waals surface area contributed by atoms with Gasteiger partial charge in [0.1, 0.15) is 11.5 Å². The van der Waals surface area contributed by atoms with Gasteiger partial charge in [-0.2, -0.15) is 0 Å². The number of hydrogen-bond acceptors (Lipinski definition) is 7. The van der Waals surface area contributed by atoms with E-state index in [1.54, 1.807) is 20.8 Å². The van der Waals surface area contributed by atoms with Crippen LogP contribution in [0.2, 0.25) is 0 Å². The van der Waals surface area contributed by atoms with Crippen molar-refractivity contribution in [1.29, 1.82) is 0 Å². The first kappa shape index (κ1) is 23.0. The van der Waals surface area contributed by atoms with Gasteiger partial charge in [-0.3, -0.25) is 19.1 Å². The molecule has 0 amide bonds. The predicted octanol–water partition coefficient (Wildman–Crippen LogP) is 1.36. The quantitative estimate of drug-likeness (QED) is 0.411. The molecular weight excluding hydrogens is 390 g/mol. The summed E-state index contributed by atoms with van der Waals surface area (Å²) in [6.07, 6.45) is 1.57. The lowest BCUT2D eigenvalue weighted by Gasteiger charge is -2.24. The molecule has 0 aliphatic rings. The number of aromatic amines is 2. The Hall–Kier alpha value is -3.30. The number of hydrogen-bond donors (Lipinski definition) is 3. The highest BCUT2D eigenvalue weighted by Crippen LogP contribution is 2.21. The van der Waals surface area contributed by atoms with Gasteiger partial charge in [-0.15, -0.1) is 0 Å². The summed E-state index contributed by atoms with van der Waals surface area (Å²) in [6.45, 7) is 7.62. The van der Waals surface area contributed by atoms with Gasteiger partial charge < -0.3 is 20.4 Å². The molecule has 2 rings (SSSR count). The molecule has 30 heavy (non-hydrogen) atoms. The van der Waals surface area contributed by atoms with Crippen molar-refractivity contribution in [2.45, 2.75) is 47.1 Å². The number of carbonyl (C=O) groups is 2. The van der Waals surface area contributed by atoms with Crippen LogP contribution in [-0.2, 0) is 11.3 Å². The molecule has 0 bridgehead atoms. The van der Waals surface area contributed by atoms with Gasteiger partial charge in [0.2, 0.25) is 0 Å². The van der Waals surface area contributed by atoms with E-state index in [1.165, 1.54) is 16.6 Å². The Morgan fingerprint density at radius 2 is 1.83 bits per heavy atom. The Morgan fingerprint density at radius 1 is 1.17 bits per heavy atom. The smallest absolute Gasteiger partial charge is 0.339 e. The second-order valence-electron chi connectivity index (χ2n) is 7.05. The summed E-state index contributed by atoms with van der Waals surface area (Å²) in [4.78, 5) is 56.3. The minimum absolute atomic E-state index is 0.0292. The van der Waals surface area contributed by atoms with Crippen molar-refractivity contribution < 1.29 is 14.3 Å². The summed E-state index contributed by atoms with van der Waals surface area (Å²) in [5, 5.41) is 0. The number of Topliss-reactive ketones (excluding diaryl/α,β-unsaturated/α-hetero) is 1. The topological polar surface area (TPSA) is 143 Å². The van der Waals surface area contributed by atoms with E-state index in [0.29, 0.717) is 29.9 Å². The minimum Gasteiger partial charge on any atom is -0.465 e. The maximum absolute atomic E-state index is 13.0. The number of likely N-dealkylation sites (N-methyl/N-ethyl adjacent to an activating group) is 1. The van der Waals surface area contributed by atoms with Crippen LogP contribution in [0.15, 0.2) is 9.59 Å². The zero-order chi connectivity index (χ0) is 22.6. The van der Waals surface area contributed by atoms with Crippen molar-refractivity contribution in [3.8, 4) is 0 Å². The number of carbonyl (C=O) groups excluding carboxylic acids is 2. The van der Waals surface area contributed by atoms with E-state index in [2.05, 4.69) is 9.97 Å². The van der Waals surface area contributed by atoms with Crippen LogP contribution in [0.3, 0.4) is 0 Å². The van der Waals surface area contributed by atoms with Crippen LogP contribution in [-0.4, -0.2) is 46.5 Å². The number of H-pyrrole nitrogens is 2. The van der Waals surface area contributed by atoms with Gasteiger partial charge in [-0.05, 0) is 32.8 Å². The van der Waals surface area contributed by atoms with Crippen molar-refractivity contribution >= 4 is 23.3 Å². The van der Waals surface area contributed by atoms with Gasteiger partial charge in [0.15, 0.2) is 5.78 Å². The molecule has 0 aliphatic carbocycles. The van der Waals surface area contributed by atoms with E-state index in [9.17, 15) is 19.2 Å². The summed E-state index contributed by atoms with van der Waals surface area (Å²) < 4.78 is 6.09. The molecule has 0 saturated heterocycles. The molecule has 0 radical (unpaired) electrons. The van der Waals surface area contributed by atoms with Crippen LogP contribution >= 0.6 is 0 Å². The third kappa shape index (κ3) is 4.32. The molecule has 2 heterocycles. The molecule has 4 N–H and O–H groups in total. The summed E-state index contributed by atoms with van der Waals surface area (Å²) >= 11 is 0. The largest absolute Gasteiger partial charge is 0.465 e. The molecule has 0 aliphatic heterocycles. The van der Waals surface area contributed by atoms with Crippen molar-refractivity contribution in [2.24, 2.45) is 0 Å². The van der Waals surface area contributed by atoms with E-state index < -0.39 is 17.2 Å². The molecule has 0 fully saturated rings. The summed E-state index contributed by atoms with van der Waals surface area (Å²) in [5.41, 5.74) is 6.60. The Morgan fingerprint density at radius 3 is 2.40 bits per heavy atom. The van der Waals surface area contributed by atoms with Gasteiger partial charge in [-0.25, -0.2) is 9.59 Å². The number of esters is 1. The van der Waals surface area contributed by atoms with Gasteiger partial charge in [0, 0.05) is 18.8 Å². The highest BCUT2D eigenvalue weighted by molar-refractivity contribution is 6.03. The number of methoxy groups -OCH3 is 1. The molecule has 10 heteroatoms. The zero-order valence-electron chi connectivity index (χ0n) is 18.0. The number of unbranched alkanes of at least 4 members (excludes halogenated alkanes) is 1. The fourth-order valence-electron chi connectivity index (χ4n) is 3.46. The Bertz CT molecular complexity index is 1060. The highest BCUT2D eigenvalue weighted by atomic mass is 16.5. The lowest BCUT2D eigenvalue weighted by Crippen LogP contribution is -2.40. The van der Waals surface area contributed by atoms with Crippen LogP contribution in [0, 0.1) is 13.8 Å². The van der Waals surface area contributed by atoms with Crippen LogP contribution < -0.4 is 21.9 Å². The van der Waals surface area contributed by atoms with Crippen molar-refractivity contribution in [3.05, 3.63) is 43.4 Å². The lowest BCUT2D eigenvalue weighted by molar-refractivity contribution is 0.0599. The van der Waals surface area contributed by atoms with Crippen LogP contribution in [0.1, 0.15) is 58.8 Å². The molecule has 0 aromatic carbocycles. The molecule has 0 unspecified atom stereocenters. The van der Waals surface area contributed by atoms with Crippen molar-refractivity contribution in [2.75, 3.05) is 30.8 Å². The number of rotatable bonds is 9. The first-order chi connectivity index (χ1) is 14.2. The maximum atomic E-state index is 13.0. The van der Waals surface area contributed by atoms with Gasteiger partial charge in [0.05, 0.1) is 24.9 Å². The molecule has 0 spiro atoms. The normalized spacial score (nSPS) is 10.8. The lowest BCUT2D eigenvalue weighted by atomic mass is 10.1. The second kappa shape index (κ2) is 9.47. The fraction of sp³-hybridized carbons (Fsp3) is 0.500. The number of aryl methyl sites for hydroxylation is 1. The average Bonchev–Trinajstić information content (AvgIpc) is 3.00. The average molecular weight is 419 g/mol. The molecule has 0 atom stereocenters. The third-order valence-electron chi connectivity index (χ3n) is 5.09. The van der Waals surface area contributed by atoms with E-state index in [-0.39, 0.29) is 29.5 Å². The number of nitrogen functional groups attached to an aromatic ring is 1. The number of ketones is 1. The number of nitrogens with two attached hydrogens (primary N) is 1. The van der Waals surface area contributed by atoms with E-state index in [0.717, 1.165) is 12.8 Å². The molecule has 0 saturated carbocycles. The number of ether oxygens (including phenoxy) is 1. The second-order valence-corrected chi connectivity index (χ2v) is 7.05. The summed E-state index contributed by atoms with van der Waals surface area (Å²) in [7, 11) is 1.27. The molecular formula is C20H29N5O5. The van der Waals surface area contributed by atoms with Crippen molar-refractivity contribution in [3.63, 3.8) is 0 Å². The predicted molar refractivity (Wildman–Crippen MR) is 114 cm³/mol. The highest BCUT2D eigenvalue weighted by Gasteiger charge is 2.25. The number of nitrogens with zero attached hydrogens (tertiary/aromatic N) is 2. The first-order valence-electron chi connectivity index (χ1n) is 9.85. The number of nitrogens with one attached hydrogen (secondary N) is 2. The SMILES string of the molecule is CCCCn1c(N)c(N(CC)CC(=O)c2[nH]c(C)c(C(=O)OC)c2C)c(=O)[nH]c1=O. The minimum atomic E-state index is -0.644. The molecule has 2 aromatic heterocycles. The van der Waals surface area contributed by atoms with Gasteiger partial charge >= 0.3 is 11.7 Å². The first-order valence-corrected chi connectivity index (χ1v) is 9.85. The summed E-state index contributed by atoms with van der Waals surface area (Å²) in [5.74, 6) is -0.824. The Labute approximate surface area is 174 Å². The monoisotopic (exact) mass is 419 g/mol. The van der Waals surface area contributed by atoms with Gasteiger partial charge in [-0.1, -0.05) is 13.3 Å². The van der Waals surface area contributed by atoms with Crippen LogP contribution in [0.25, 0.3) is 0 Å². The number of anilines is 2. The van der Waals surface area contributed by atoms with E-state index in [4.69, 9.17) is 10.5 Å². The zero-order valence-corrected chi connectivity index (χ0v) is 18.0. The maximum Gasteiger partial charge on any atom is 0.339 e.